The number of carbonyl (C=O) groups is 1. The van der Waals surface area contributed by atoms with Crippen LogP contribution in [-0.4, -0.2) is 19.2 Å². The molecule has 4 nitrogen and oxygen atoms in total. The number of primary amides is 1. The summed E-state index contributed by atoms with van der Waals surface area (Å²) in [6, 6.07) is 8.56. The zero-order valence-corrected chi connectivity index (χ0v) is 9.69. The molecular formula is C12H18N2O2. The van der Waals surface area contributed by atoms with E-state index in [-0.39, 0.29) is 6.04 Å². The highest BCUT2D eigenvalue weighted by atomic mass is 16.5. The number of carbonyl (C=O) groups excluding carboxylic acids is 1. The van der Waals surface area contributed by atoms with Crippen LogP contribution in [-0.2, 0) is 4.74 Å². The Morgan fingerprint density at radius 1 is 1.44 bits per heavy atom. The summed E-state index contributed by atoms with van der Waals surface area (Å²) in [5.74, 6) is 0. The van der Waals surface area contributed by atoms with Gasteiger partial charge in [0.1, 0.15) is 6.61 Å². The minimum absolute atomic E-state index is 0.233. The number of amides is 1. The summed E-state index contributed by atoms with van der Waals surface area (Å²) in [6.07, 6.45) is -0.732. The van der Waals surface area contributed by atoms with Crippen LogP contribution in [0.2, 0.25) is 0 Å². The molecule has 0 aliphatic heterocycles. The Morgan fingerprint density at radius 2 is 2.06 bits per heavy atom. The van der Waals surface area contributed by atoms with Crippen LogP contribution >= 0.6 is 0 Å². The molecule has 0 saturated heterocycles. The Hall–Kier alpha value is -1.55. The van der Waals surface area contributed by atoms with Crippen LogP contribution in [0.4, 0.5) is 4.79 Å². The smallest absolute Gasteiger partial charge is 0.404 e. The molecule has 0 bridgehead atoms. The van der Waals surface area contributed by atoms with E-state index < -0.39 is 6.09 Å². The van der Waals surface area contributed by atoms with Crippen LogP contribution in [0, 0.1) is 6.92 Å². The molecule has 1 atom stereocenters. The first-order valence-electron chi connectivity index (χ1n) is 5.32. The Bertz CT molecular complexity index is 335. The number of nitrogens with one attached hydrogen (secondary N) is 1. The van der Waals surface area contributed by atoms with Crippen molar-refractivity contribution in [3.05, 3.63) is 35.4 Å². The summed E-state index contributed by atoms with van der Waals surface area (Å²) in [5.41, 5.74) is 7.30. The maximum absolute atomic E-state index is 10.3. The zero-order valence-electron chi connectivity index (χ0n) is 9.69. The van der Waals surface area contributed by atoms with E-state index in [2.05, 4.69) is 48.2 Å². The molecule has 1 unspecified atom stereocenters. The largest absolute Gasteiger partial charge is 0.448 e. The van der Waals surface area contributed by atoms with Crippen molar-refractivity contribution in [1.82, 2.24) is 5.32 Å². The van der Waals surface area contributed by atoms with Gasteiger partial charge in [0.05, 0.1) is 0 Å². The molecule has 0 aliphatic rings. The van der Waals surface area contributed by atoms with E-state index in [1.807, 2.05) is 0 Å². The molecule has 16 heavy (non-hydrogen) atoms. The van der Waals surface area contributed by atoms with Gasteiger partial charge in [0.25, 0.3) is 0 Å². The Kier molecular flexibility index (Phi) is 4.79. The quantitative estimate of drug-likeness (QED) is 0.746. The Labute approximate surface area is 95.8 Å². The van der Waals surface area contributed by atoms with Crippen molar-refractivity contribution in [3.63, 3.8) is 0 Å². The monoisotopic (exact) mass is 222 g/mol. The van der Waals surface area contributed by atoms with Gasteiger partial charge in [-0.05, 0) is 19.4 Å². The van der Waals surface area contributed by atoms with Gasteiger partial charge in [0.15, 0.2) is 0 Å². The topological polar surface area (TPSA) is 64.3 Å². The third-order valence-electron chi connectivity index (χ3n) is 2.37. The van der Waals surface area contributed by atoms with Crippen LogP contribution in [0.1, 0.15) is 24.1 Å². The first-order valence-corrected chi connectivity index (χ1v) is 5.32. The lowest BCUT2D eigenvalue weighted by Crippen LogP contribution is -2.25. The van der Waals surface area contributed by atoms with Crippen LogP contribution in [0.15, 0.2) is 24.3 Å². The van der Waals surface area contributed by atoms with Crippen LogP contribution in [0.25, 0.3) is 0 Å². The summed E-state index contributed by atoms with van der Waals surface area (Å²) in [4.78, 5) is 10.3. The SMILES string of the molecule is Cc1ccc(C(C)NCCOC(N)=O)cc1. The molecule has 1 aromatic carbocycles. The summed E-state index contributed by atoms with van der Waals surface area (Å²) < 4.78 is 4.62. The van der Waals surface area contributed by atoms with Crippen LogP contribution in [0.3, 0.4) is 0 Å². The van der Waals surface area contributed by atoms with Gasteiger partial charge in [-0.15, -0.1) is 0 Å². The minimum atomic E-state index is -0.732. The molecule has 3 N–H and O–H groups in total. The fourth-order valence-corrected chi connectivity index (χ4v) is 1.40. The van der Waals surface area contributed by atoms with Gasteiger partial charge in [-0.3, -0.25) is 0 Å². The maximum Gasteiger partial charge on any atom is 0.404 e. The third kappa shape index (κ3) is 4.31. The highest BCUT2D eigenvalue weighted by Crippen LogP contribution is 2.12. The first kappa shape index (κ1) is 12.5. The summed E-state index contributed by atoms with van der Waals surface area (Å²) in [6.45, 7) is 5.01. The molecular weight excluding hydrogens is 204 g/mol. The van der Waals surface area contributed by atoms with E-state index in [4.69, 9.17) is 5.73 Å². The number of hydrogen-bond acceptors (Lipinski definition) is 3. The lowest BCUT2D eigenvalue weighted by molar-refractivity contribution is 0.156. The molecule has 1 aromatic rings. The van der Waals surface area contributed by atoms with E-state index >= 15 is 0 Å². The van der Waals surface area contributed by atoms with Crippen molar-refractivity contribution in [3.8, 4) is 0 Å². The Balaban J connectivity index is 2.32. The van der Waals surface area contributed by atoms with Gasteiger partial charge in [0.2, 0.25) is 0 Å². The third-order valence-corrected chi connectivity index (χ3v) is 2.37. The van der Waals surface area contributed by atoms with Crippen LogP contribution in [0.5, 0.6) is 0 Å². The standard InChI is InChI=1S/C12H18N2O2/c1-9-3-5-11(6-4-9)10(2)14-7-8-16-12(13)15/h3-6,10,14H,7-8H2,1-2H3,(H2,13,15). The van der Waals surface area contributed by atoms with E-state index in [9.17, 15) is 4.79 Å². The molecule has 88 valence electrons. The molecule has 0 aliphatic carbocycles. The van der Waals surface area contributed by atoms with Crippen molar-refractivity contribution in [1.29, 1.82) is 0 Å². The first-order chi connectivity index (χ1) is 7.59. The number of aryl methyl sites for hydroxylation is 1. The average Bonchev–Trinajstić information content (AvgIpc) is 2.25. The second-order valence-electron chi connectivity index (χ2n) is 3.75. The van der Waals surface area contributed by atoms with Gasteiger partial charge in [-0.1, -0.05) is 29.8 Å². The molecule has 0 aromatic heterocycles. The van der Waals surface area contributed by atoms with E-state index in [0.29, 0.717) is 13.2 Å². The van der Waals surface area contributed by atoms with E-state index in [0.717, 1.165) is 0 Å². The average molecular weight is 222 g/mol. The second-order valence-corrected chi connectivity index (χ2v) is 3.75. The number of hydrogen-bond donors (Lipinski definition) is 2. The van der Waals surface area contributed by atoms with Crippen LogP contribution < -0.4 is 11.1 Å². The van der Waals surface area contributed by atoms with Gasteiger partial charge >= 0.3 is 6.09 Å². The molecule has 0 heterocycles. The molecule has 0 spiro atoms. The minimum Gasteiger partial charge on any atom is -0.448 e. The zero-order chi connectivity index (χ0) is 12.0. The van der Waals surface area contributed by atoms with Crippen molar-refractivity contribution in [2.24, 2.45) is 5.73 Å². The highest BCUT2D eigenvalue weighted by Gasteiger charge is 2.03. The summed E-state index contributed by atoms with van der Waals surface area (Å²) in [7, 11) is 0. The van der Waals surface area contributed by atoms with E-state index in [1.165, 1.54) is 11.1 Å². The number of rotatable bonds is 5. The molecule has 0 saturated carbocycles. The normalized spacial score (nSPS) is 12.1. The molecule has 1 rings (SSSR count). The Morgan fingerprint density at radius 3 is 2.62 bits per heavy atom. The molecule has 0 fully saturated rings. The molecule has 1 amide bonds. The van der Waals surface area contributed by atoms with Gasteiger partial charge in [-0.25, -0.2) is 4.79 Å². The van der Waals surface area contributed by atoms with E-state index in [1.54, 1.807) is 0 Å². The predicted octanol–water partition coefficient (Wildman–Crippen LogP) is 1.74. The van der Waals surface area contributed by atoms with Gasteiger partial charge < -0.3 is 15.8 Å². The lowest BCUT2D eigenvalue weighted by atomic mass is 10.1. The predicted molar refractivity (Wildman–Crippen MR) is 63.1 cm³/mol. The fraction of sp³-hybridized carbons (Fsp3) is 0.417. The summed E-state index contributed by atoms with van der Waals surface area (Å²) in [5, 5.41) is 3.24. The maximum atomic E-state index is 10.3. The summed E-state index contributed by atoms with van der Waals surface area (Å²) >= 11 is 0. The fourth-order valence-electron chi connectivity index (χ4n) is 1.40. The molecule has 4 heteroatoms. The number of nitrogens with two attached hydrogens (primary N) is 1. The van der Waals surface area contributed by atoms with Gasteiger partial charge in [-0.2, -0.15) is 0 Å². The highest BCUT2D eigenvalue weighted by molar-refractivity contribution is 5.64. The van der Waals surface area contributed by atoms with Crippen molar-refractivity contribution in [2.45, 2.75) is 19.9 Å². The van der Waals surface area contributed by atoms with Crippen molar-refractivity contribution in [2.75, 3.05) is 13.2 Å². The van der Waals surface area contributed by atoms with Crippen molar-refractivity contribution < 1.29 is 9.53 Å². The lowest BCUT2D eigenvalue weighted by Gasteiger charge is -2.14. The second kappa shape index (κ2) is 6.12. The molecule has 0 radical (unpaired) electrons. The van der Waals surface area contributed by atoms with Gasteiger partial charge in [0, 0.05) is 12.6 Å². The number of ether oxygens (including phenoxy) is 1. The number of benzene rings is 1. The van der Waals surface area contributed by atoms with Crippen molar-refractivity contribution >= 4 is 6.09 Å².